The van der Waals surface area contributed by atoms with Crippen molar-refractivity contribution in [3.8, 4) is 0 Å². The van der Waals surface area contributed by atoms with E-state index in [4.69, 9.17) is 4.74 Å². The van der Waals surface area contributed by atoms with Gasteiger partial charge in [-0.15, -0.1) is 11.3 Å². The molecule has 0 fully saturated rings. The molecule has 0 bridgehead atoms. The minimum Gasteiger partial charge on any atom is -0.382 e. The van der Waals surface area contributed by atoms with Crippen molar-refractivity contribution in [1.82, 2.24) is 10.6 Å². The van der Waals surface area contributed by atoms with Crippen molar-refractivity contribution in [2.24, 2.45) is 4.99 Å². The SMILES string of the molecule is CCOCCCCNC(=NC)NCc1ccc(C)s1. The van der Waals surface area contributed by atoms with E-state index in [9.17, 15) is 0 Å². The average molecular weight is 283 g/mol. The zero-order valence-corrected chi connectivity index (χ0v) is 13.0. The fourth-order valence-corrected chi connectivity index (χ4v) is 2.48. The summed E-state index contributed by atoms with van der Waals surface area (Å²) >= 11 is 1.82. The second-order valence-corrected chi connectivity index (χ2v) is 5.64. The van der Waals surface area contributed by atoms with Crippen LogP contribution in [0.25, 0.3) is 0 Å². The van der Waals surface area contributed by atoms with Crippen LogP contribution >= 0.6 is 11.3 Å². The molecule has 0 amide bonds. The third kappa shape index (κ3) is 7.18. The van der Waals surface area contributed by atoms with Crippen molar-refractivity contribution in [3.63, 3.8) is 0 Å². The van der Waals surface area contributed by atoms with Gasteiger partial charge in [-0.3, -0.25) is 4.99 Å². The maximum atomic E-state index is 5.30. The van der Waals surface area contributed by atoms with Crippen molar-refractivity contribution in [1.29, 1.82) is 0 Å². The van der Waals surface area contributed by atoms with Crippen molar-refractivity contribution in [3.05, 3.63) is 21.9 Å². The van der Waals surface area contributed by atoms with Gasteiger partial charge in [0.2, 0.25) is 0 Å². The van der Waals surface area contributed by atoms with Gasteiger partial charge in [-0.1, -0.05) is 0 Å². The van der Waals surface area contributed by atoms with Crippen LogP contribution in [-0.2, 0) is 11.3 Å². The summed E-state index contributed by atoms with van der Waals surface area (Å²) in [6.07, 6.45) is 2.18. The standard InChI is InChI=1S/C14H25N3OS/c1-4-18-10-6-5-9-16-14(15-3)17-11-13-8-7-12(2)19-13/h7-8H,4-6,9-11H2,1-3H3,(H2,15,16,17). The van der Waals surface area contributed by atoms with Gasteiger partial charge in [0.05, 0.1) is 6.54 Å². The highest BCUT2D eigenvalue weighted by Gasteiger charge is 1.99. The Bertz CT molecular complexity index is 377. The first kappa shape index (κ1) is 16.0. The molecule has 1 heterocycles. The molecule has 0 unspecified atom stereocenters. The van der Waals surface area contributed by atoms with Gasteiger partial charge in [0, 0.05) is 36.6 Å². The Balaban J connectivity index is 2.12. The molecule has 19 heavy (non-hydrogen) atoms. The maximum Gasteiger partial charge on any atom is 0.191 e. The van der Waals surface area contributed by atoms with Gasteiger partial charge in [0.15, 0.2) is 5.96 Å². The number of aliphatic imine (C=N–C) groups is 1. The van der Waals surface area contributed by atoms with Gasteiger partial charge >= 0.3 is 0 Å². The fraction of sp³-hybridized carbons (Fsp3) is 0.643. The van der Waals surface area contributed by atoms with Crippen LogP contribution in [-0.4, -0.2) is 32.8 Å². The lowest BCUT2D eigenvalue weighted by molar-refractivity contribution is 0.143. The van der Waals surface area contributed by atoms with Crippen LogP contribution in [0.5, 0.6) is 0 Å². The number of guanidine groups is 1. The molecule has 0 saturated heterocycles. The van der Waals surface area contributed by atoms with Crippen molar-refractivity contribution >= 4 is 17.3 Å². The Morgan fingerprint density at radius 3 is 2.79 bits per heavy atom. The number of aryl methyl sites for hydroxylation is 1. The topological polar surface area (TPSA) is 45.6 Å². The van der Waals surface area contributed by atoms with E-state index in [1.165, 1.54) is 9.75 Å². The molecule has 0 saturated carbocycles. The molecule has 0 aliphatic heterocycles. The van der Waals surface area contributed by atoms with Gasteiger partial charge < -0.3 is 15.4 Å². The Morgan fingerprint density at radius 1 is 1.32 bits per heavy atom. The molecule has 5 heteroatoms. The second-order valence-electron chi connectivity index (χ2n) is 4.27. The Morgan fingerprint density at radius 2 is 2.16 bits per heavy atom. The van der Waals surface area contributed by atoms with Crippen molar-refractivity contribution in [2.45, 2.75) is 33.2 Å². The fourth-order valence-electron chi connectivity index (χ4n) is 1.65. The number of nitrogens with one attached hydrogen (secondary N) is 2. The van der Waals surface area contributed by atoms with Crippen LogP contribution in [0.1, 0.15) is 29.5 Å². The van der Waals surface area contributed by atoms with E-state index < -0.39 is 0 Å². The lowest BCUT2D eigenvalue weighted by atomic mass is 10.3. The van der Waals surface area contributed by atoms with Crippen LogP contribution in [0.3, 0.4) is 0 Å². The number of ether oxygens (including phenoxy) is 1. The van der Waals surface area contributed by atoms with Crippen LogP contribution in [0.15, 0.2) is 17.1 Å². The third-order valence-electron chi connectivity index (χ3n) is 2.66. The van der Waals surface area contributed by atoms with Crippen LogP contribution < -0.4 is 10.6 Å². The Hall–Kier alpha value is -1.07. The highest BCUT2D eigenvalue weighted by molar-refractivity contribution is 7.11. The number of hydrogen-bond acceptors (Lipinski definition) is 3. The number of nitrogens with zero attached hydrogens (tertiary/aromatic N) is 1. The summed E-state index contributed by atoms with van der Waals surface area (Å²) in [5, 5.41) is 6.63. The predicted molar refractivity (Wildman–Crippen MR) is 83.0 cm³/mol. The molecule has 0 aromatic carbocycles. The molecule has 0 aliphatic rings. The molecule has 1 aromatic rings. The molecule has 2 N–H and O–H groups in total. The van der Waals surface area contributed by atoms with Crippen LogP contribution in [0.2, 0.25) is 0 Å². The zero-order chi connectivity index (χ0) is 13.9. The Labute approximate surface area is 120 Å². The van der Waals surface area contributed by atoms with E-state index in [-0.39, 0.29) is 0 Å². The second kappa shape index (κ2) is 9.81. The van der Waals surface area contributed by atoms with Gasteiger partial charge in [0.25, 0.3) is 0 Å². The van der Waals surface area contributed by atoms with Gasteiger partial charge in [-0.05, 0) is 38.8 Å². The first-order chi connectivity index (χ1) is 9.26. The summed E-state index contributed by atoms with van der Waals surface area (Å²) in [7, 11) is 1.80. The number of unbranched alkanes of at least 4 members (excludes halogenated alkanes) is 1. The minimum atomic E-state index is 0.802. The summed E-state index contributed by atoms with van der Waals surface area (Å²) < 4.78 is 5.30. The molecule has 0 atom stereocenters. The summed E-state index contributed by atoms with van der Waals surface area (Å²) in [4.78, 5) is 6.89. The van der Waals surface area contributed by atoms with Gasteiger partial charge in [0.1, 0.15) is 0 Å². The number of hydrogen-bond donors (Lipinski definition) is 2. The largest absolute Gasteiger partial charge is 0.382 e. The smallest absolute Gasteiger partial charge is 0.191 e. The molecule has 108 valence electrons. The first-order valence-corrected chi connectivity index (χ1v) is 7.65. The van der Waals surface area contributed by atoms with E-state index >= 15 is 0 Å². The normalized spacial score (nSPS) is 11.6. The summed E-state index contributed by atoms with van der Waals surface area (Å²) in [5.41, 5.74) is 0. The lowest BCUT2D eigenvalue weighted by Crippen LogP contribution is -2.37. The lowest BCUT2D eigenvalue weighted by Gasteiger charge is -2.11. The Kier molecular flexibility index (Phi) is 8.25. The van der Waals surface area contributed by atoms with Gasteiger partial charge in [-0.2, -0.15) is 0 Å². The predicted octanol–water partition coefficient (Wildman–Crippen LogP) is 2.54. The van der Waals surface area contributed by atoms with E-state index in [1.54, 1.807) is 7.05 Å². The monoisotopic (exact) mass is 283 g/mol. The summed E-state index contributed by atoms with van der Waals surface area (Å²) in [5.74, 6) is 0.863. The van der Waals surface area contributed by atoms with E-state index in [0.717, 1.165) is 45.1 Å². The average Bonchev–Trinajstić information content (AvgIpc) is 2.83. The molecular weight excluding hydrogens is 258 g/mol. The third-order valence-corrected chi connectivity index (χ3v) is 3.66. The van der Waals surface area contributed by atoms with Crippen LogP contribution in [0.4, 0.5) is 0 Å². The van der Waals surface area contributed by atoms with E-state index in [1.807, 2.05) is 18.3 Å². The number of rotatable bonds is 8. The molecule has 0 spiro atoms. The maximum absolute atomic E-state index is 5.30. The highest BCUT2D eigenvalue weighted by atomic mass is 32.1. The molecule has 0 aliphatic carbocycles. The molecule has 0 radical (unpaired) electrons. The number of thiophene rings is 1. The molecule has 4 nitrogen and oxygen atoms in total. The van der Waals surface area contributed by atoms with E-state index in [0.29, 0.717) is 0 Å². The van der Waals surface area contributed by atoms with Crippen molar-refractivity contribution in [2.75, 3.05) is 26.8 Å². The molecule has 1 rings (SSSR count). The van der Waals surface area contributed by atoms with Crippen molar-refractivity contribution < 1.29 is 4.74 Å². The van der Waals surface area contributed by atoms with E-state index in [2.05, 4.69) is 34.7 Å². The highest BCUT2D eigenvalue weighted by Crippen LogP contribution is 2.14. The summed E-state index contributed by atoms with van der Waals surface area (Å²) in [6.45, 7) is 7.55. The minimum absolute atomic E-state index is 0.802. The molecular formula is C14H25N3OS. The zero-order valence-electron chi connectivity index (χ0n) is 12.2. The summed E-state index contributed by atoms with van der Waals surface area (Å²) in [6, 6.07) is 4.30. The van der Waals surface area contributed by atoms with Gasteiger partial charge in [-0.25, -0.2) is 0 Å². The van der Waals surface area contributed by atoms with Crippen LogP contribution in [0, 0.1) is 6.92 Å². The molecule has 1 aromatic heterocycles. The quantitative estimate of drug-likeness (QED) is 0.438. The first-order valence-electron chi connectivity index (χ1n) is 6.83.